The lowest BCUT2D eigenvalue weighted by Crippen LogP contribution is -2.42. The molecule has 1 fully saturated rings. The summed E-state index contributed by atoms with van der Waals surface area (Å²) in [6.45, 7) is 6.78. The zero-order chi connectivity index (χ0) is 21.9. The van der Waals surface area contributed by atoms with Crippen LogP contribution in [0, 0.1) is 13.8 Å². The molecule has 1 atom stereocenters. The number of hydrogen-bond acceptors (Lipinski definition) is 4. The Morgan fingerprint density at radius 2 is 1.93 bits per heavy atom. The van der Waals surface area contributed by atoms with Gasteiger partial charge in [0.2, 0.25) is 10.0 Å². The largest absolute Gasteiger partial charge is 0.354 e. The van der Waals surface area contributed by atoms with Crippen LogP contribution in [0.25, 0.3) is 0 Å². The molecular weight excluding hydrogens is 400 g/mol. The molecule has 0 bridgehead atoms. The van der Waals surface area contributed by atoms with Crippen molar-refractivity contribution in [3.8, 4) is 0 Å². The van der Waals surface area contributed by atoms with Crippen LogP contribution in [-0.4, -0.2) is 43.3 Å². The molecule has 3 N–H and O–H groups in total. The lowest BCUT2D eigenvalue weighted by atomic mass is 10.1. The zero-order valence-electron chi connectivity index (χ0n) is 18.4. The first-order valence-electron chi connectivity index (χ1n) is 10.3. The van der Waals surface area contributed by atoms with Gasteiger partial charge in [-0.1, -0.05) is 12.1 Å². The van der Waals surface area contributed by atoms with E-state index in [1.807, 2.05) is 30.8 Å². The fraction of sp³-hybridized carbons (Fsp3) is 0.524. The van der Waals surface area contributed by atoms with Gasteiger partial charge in [-0.3, -0.25) is 9.67 Å². The van der Waals surface area contributed by atoms with Crippen molar-refractivity contribution in [1.29, 1.82) is 0 Å². The van der Waals surface area contributed by atoms with Gasteiger partial charge in [-0.15, -0.1) is 0 Å². The van der Waals surface area contributed by atoms with Gasteiger partial charge in [-0.25, -0.2) is 13.1 Å². The molecule has 9 heteroatoms. The van der Waals surface area contributed by atoms with Crippen LogP contribution in [0.15, 0.2) is 34.2 Å². The van der Waals surface area contributed by atoms with E-state index in [-0.39, 0.29) is 12.1 Å². The topological polar surface area (TPSA) is 100 Å². The van der Waals surface area contributed by atoms with Gasteiger partial charge in [-0.2, -0.15) is 5.10 Å². The van der Waals surface area contributed by atoms with Crippen LogP contribution in [0.2, 0.25) is 0 Å². The number of sulfonamides is 1. The smallest absolute Gasteiger partial charge is 0.240 e. The molecule has 3 rings (SSSR count). The number of hydrogen-bond donors (Lipinski definition) is 3. The van der Waals surface area contributed by atoms with Crippen molar-refractivity contribution in [3.05, 3.63) is 46.8 Å². The van der Waals surface area contributed by atoms with E-state index in [2.05, 4.69) is 39.3 Å². The molecule has 0 aliphatic heterocycles. The van der Waals surface area contributed by atoms with Crippen LogP contribution < -0.4 is 15.4 Å². The normalized spacial score (nSPS) is 15.8. The van der Waals surface area contributed by atoms with Crippen molar-refractivity contribution < 1.29 is 8.42 Å². The van der Waals surface area contributed by atoms with E-state index in [1.54, 1.807) is 19.2 Å². The lowest BCUT2D eigenvalue weighted by molar-refractivity contribution is 0.581. The third-order valence-corrected chi connectivity index (χ3v) is 6.91. The third kappa shape index (κ3) is 5.60. The second-order valence-electron chi connectivity index (χ2n) is 7.99. The maximum atomic E-state index is 12.3. The molecular formula is C21H32N6O2S. The molecule has 1 aliphatic rings. The van der Waals surface area contributed by atoms with E-state index in [9.17, 15) is 8.42 Å². The number of nitrogens with one attached hydrogen (secondary N) is 3. The molecule has 1 unspecified atom stereocenters. The van der Waals surface area contributed by atoms with Crippen molar-refractivity contribution in [2.75, 3.05) is 7.05 Å². The summed E-state index contributed by atoms with van der Waals surface area (Å²) >= 11 is 0. The first kappa shape index (κ1) is 22.3. The summed E-state index contributed by atoms with van der Waals surface area (Å²) < 4.78 is 29.1. The van der Waals surface area contributed by atoms with Gasteiger partial charge < -0.3 is 10.6 Å². The summed E-state index contributed by atoms with van der Waals surface area (Å²) in [5.74, 6) is 0.703. The van der Waals surface area contributed by atoms with E-state index < -0.39 is 10.0 Å². The number of aliphatic imine (C=N–C) groups is 1. The number of rotatable bonds is 8. The molecule has 0 spiro atoms. The van der Waals surface area contributed by atoms with E-state index in [0.29, 0.717) is 17.4 Å². The molecule has 164 valence electrons. The van der Waals surface area contributed by atoms with Crippen LogP contribution in [0.5, 0.6) is 0 Å². The Morgan fingerprint density at radius 1 is 1.27 bits per heavy atom. The number of guanidine groups is 1. The van der Waals surface area contributed by atoms with Crippen LogP contribution in [0.4, 0.5) is 0 Å². The number of nitrogens with zero attached hydrogens (tertiary/aromatic N) is 3. The fourth-order valence-corrected chi connectivity index (χ4v) is 4.66. The van der Waals surface area contributed by atoms with Gasteiger partial charge in [0.1, 0.15) is 0 Å². The standard InChI is InChI=1S/C21H32N6O2S/c1-14(12-20-15(2)25-27(5)16(20)3)24-21(22-4)23-13-17-6-10-19(11-7-17)30(28,29)26-18-8-9-18/h6-7,10-11,14,18,26H,8-9,12-13H2,1-5H3,(H2,22,23,24). The number of benzene rings is 1. The Morgan fingerprint density at radius 3 is 2.47 bits per heavy atom. The Bertz CT molecular complexity index is 1010. The van der Waals surface area contributed by atoms with Crippen LogP contribution in [0.1, 0.15) is 42.3 Å². The van der Waals surface area contributed by atoms with Crippen LogP contribution in [-0.2, 0) is 30.0 Å². The highest BCUT2D eigenvalue weighted by molar-refractivity contribution is 7.89. The average molecular weight is 433 g/mol. The maximum Gasteiger partial charge on any atom is 0.240 e. The Hall–Kier alpha value is -2.39. The molecule has 30 heavy (non-hydrogen) atoms. The first-order valence-corrected chi connectivity index (χ1v) is 11.8. The highest BCUT2D eigenvalue weighted by Gasteiger charge is 2.27. The fourth-order valence-electron chi connectivity index (χ4n) is 3.36. The molecule has 1 saturated carbocycles. The van der Waals surface area contributed by atoms with Crippen LogP contribution in [0.3, 0.4) is 0 Å². The summed E-state index contributed by atoms with van der Waals surface area (Å²) in [5, 5.41) is 11.2. The highest BCUT2D eigenvalue weighted by atomic mass is 32.2. The molecule has 2 aromatic rings. The summed E-state index contributed by atoms with van der Waals surface area (Å²) in [6, 6.07) is 7.23. The minimum absolute atomic E-state index is 0.104. The van der Waals surface area contributed by atoms with Gasteiger partial charge in [-0.05, 0) is 63.3 Å². The predicted octanol–water partition coefficient (Wildman–Crippen LogP) is 1.77. The lowest BCUT2D eigenvalue weighted by Gasteiger charge is -2.18. The zero-order valence-corrected chi connectivity index (χ0v) is 19.2. The first-order chi connectivity index (χ1) is 14.2. The number of aryl methyl sites for hydroxylation is 2. The quantitative estimate of drug-likeness (QED) is 0.436. The molecule has 1 aromatic carbocycles. The van der Waals surface area contributed by atoms with Gasteiger partial charge in [0.05, 0.1) is 10.6 Å². The minimum Gasteiger partial charge on any atom is -0.354 e. The highest BCUT2D eigenvalue weighted by Crippen LogP contribution is 2.22. The summed E-state index contributed by atoms with van der Waals surface area (Å²) in [4.78, 5) is 4.60. The molecule has 1 aromatic heterocycles. The predicted molar refractivity (Wildman–Crippen MR) is 119 cm³/mol. The monoisotopic (exact) mass is 432 g/mol. The SMILES string of the molecule is CN=C(NCc1ccc(S(=O)(=O)NC2CC2)cc1)NC(C)Cc1c(C)nn(C)c1C. The Balaban J connectivity index is 1.53. The van der Waals surface area contributed by atoms with E-state index in [4.69, 9.17) is 0 Å². The summed E-state index contributed by atoms with van der Waals surface area (Å²) in [7, 11) is 0.285. The van der Waals surface area contributed by atoms with Gasteiger partial charge in [0, 0.05) is 38.4 Å². The molecule has 8 nitrogen and oxygen atoms in total. The van der Waals surface area contributed by atoms with E-state index in [1.165, 1.54) is 11.3 Å². The third-order valence-electron chi connectivity index (χ3n) is 5.37. The second-order valence-corrected chi connectivity index (χ2v) is 9.70. The minimum atomic E-state index is -3.41. The van der Waals surface area contributed by atoms with Crippen molar-refractivity contribution in [2.45, 2.75) is 63.6 Å². The number of aromatic nitrogens is 2. The van der Waals surface area contributed by atoms with E-state index in [0.717, 1.165) is 30.5 Å². The Kier molecular flexibility index (Phi) is 6.82. The second kappa shape index (κ2) is 9.18. The van der Waals surface area contributed by atoms with Crippen molar-refractivity contribution in [3.63, 3.8) is 0 Å². The van der Waals surface area contributed by atoms with Gasteiger partial charge in [0.25, 0.3) is 0 Å². The molecule has 1 heterocycles. The molecule has 0 radical (unpaired) electrons. The van der Waals surface area contributed by atoms with Crippen molar-refractivity contribution in [2.24, 2.45) is 12.0 Å². The average Bonchev–Trinajstić information content (AvgIpc) is 3.48. The maximum absolute atomic E-state index is 12.3. The molecule has 0 amide bonds. The van der Waals surface area contributed by atoms with Gasteiger partial charge in [0.15, 0.2) is 5.96 Å². The molecule has 0 saturated heterocycles. The van der Waals surface area contributed by atoms with Gasteiger partial charge >= 0.3 is 0 Å². The summed E-state index contributed by atoms with van der Waals surface area (Å²) in [5.41, 5.74) is 4.47. The molecule has 1 aliphatic carbocycles. The van der Waals surface area contributed by atoms with Crippen molar-refractivity contribution >= 4 is 16.0 Å². The van der Waals surface area contributed by atoms with E-state index >= 15 is 0 Å². The van der Waals surface area contributed by atoms with Crippen molar-refractivity contribution in [1.82, 2.24) is 25.1 Å². The summed E-state index contributed by atoms with van der Waals surface area (Å²) in [6.07, 6.45) is 2.70. The Labute approximate surface area is 179 Å². The van der Waals surface area contributed by atoms with Crippen LogP contribution >= 0.6 is 0 Å².